The molecule has 0 aliphatic carbocycles. The number of β-lactam (4-membered cyclic amide) rings is 1. The molecule has 110 valence electrons. The van der Waals surface area contributed by atoms with Gasteiger partial charge in [0.1, 0.15) is 0 Å². The third-order valence-electron chi connectivity index (χ3n) is 3.98. The summed E-state index contributed by atoms with van der Waals surface area (Å²) in [6, 6.07) is 0.255. The first-order chi connectivity index (χ1) is 9.13. The van der Waals surface area contributed by atoms with Crippen LogP contribution in [0.4, 0.5) is 0 Å². The molecule has 19 heavy (non-hydrogen) atoms. The minimum Gasteiger partial charge on any atom is -0.350 e. The van der Waals surface area contributed by atoms with Crippen LogP contribution in [0.15, 0.2) is 0 Å². The quantitative estimate of drug-likeness (QED) is 0.695. The lowest BCUT2D eigenvalue weighted by Gasteiger charge is -2.47. The lowest BCUT2D eigenvalue weighted by Crippen LogP contribution is -2.62. The average molecular weight is 269 g/mol. The van der Waals surface area contributed by atoms with Gasteiger partial charge in [0, 0.05) is 13.0 Å². The third kappa shape index (κ3) is 3.48. The number of hydrogen-bond acceptors (Lipinski definition) is 3. The number of ether oxygens (including phenoxy) is 1. The number of nitrogens with zero attached hydrogens (tertiary/aromatic N) is 1. The van der Waals surface area contributed by atoms with Gasteiger partial charge in [-0.2, -0.15) is 0 Å². The van der Waals surface area contributed by atoms with Crippen LogP contribution in [0.2, 0.25) is 0 Å². The molecule has 2 aliphatic heterocycles. The normalized spacial score (nSPS) is 31.7. The first-order valence-electron chi connectivity index (χ1n) is 7.75. The van der Waals surface area contributed by atoms with Gasteiger partial charge in [0.25, 0.3) is 5.91 Å². The number of hydrogen-bond donors (Lipinski definition) is 0. The first kappa shape index (κ1) is 14.8. The van der Waals surface area contributed by atoms with E-state index in [1.165, 1.54) is 0 Å². The SMILES string of the molecule is CCCC1C(CC(C)C)C(=O)N1O[C@H]1CCCCO1. The molecule has 2 aliphatic rings. The molecule has 1 amide bonds. The van der Waals surface area contributed by atoms with Crippen molar-refractivity contribution in [2.75, 3.05) is 6.61 Å². The Morgan fingerprint density at radius 2 is 2.21 bits per heavy atom. The Balaban J connectivity index is 1.89. The summed E-state index contributed by atoms with van der Waals surface area (Å²) >= 11 is 0. The van der Waals surface area contributed by atoms with E-state index in [0.717, 1.165) is 45.1 Å². The van der Waals surface area contributed by atoms with E-state index in [2.05, 4.69) is 20.8 Å². The molecule has 0 saturated carbocycles. The Bertz CT molecular complexity index is 300. The second kappa shape index (κ2) is 6.71. The van der Waals surface area contributed by atoms with E-state index < -0.39 is 0 Å². The largest absolute Gasteiger partial charge is 0.350 e. The molecule has 0 aromatic rings. The van der Waals surface area contributed by atoms with Crippen molar-refractivity contribution in [2.24, 2.45) is 11.8 Å². The molecule has 3 atom stereocenters. The van der Waals surface area contributed by atoms with Crippen LogP contribution in [0.3, 0.4) is 0 Å². The van der Waals surface area contributed by atoms with Crippen LogP contribution in [0.1, 0.15) is 59.3 Å². The minimum atomic E-state index is -0.211. The predicted octanol–water partition coefficient (Wildman–Crippen LogP) is 3.12. The van der Waals surface area contributed by atoms with Gasteiger partial charge in [0.05, 0.1) is 12.0 Å². The molecular formula is C15H27NO3. The number of amides is 1. The number of hydroxylamine groups is 2. The van der Waals surface area contributed by atoms with Crippen LogP contribution in [0.5, 0.6) is 0 Å². The van der Waals surface area contributed by atoms with Gasteiger partial charge >= 0.3 is 0 Å². The van der Waals surface area contributed by atoms with Crippen LogP contribution in [-0.2, 0) is 14.4 Å². The Kier molecular flexibility index (Phi) is 5.22. The second-order valence-electron chi connectivity index (χ2n) is 6.16. The lowest BCUT2D eigenvalue weighted by molar-refractivity contribution is -0.320. The molecule has 0 bridgehead atoms. The highest BCUT2D eigenvalue weighted by molar-refractivity contribution is 5.84. The zero-order valence-corrected chi connectivity index (χ0v) is 12.4. The van der Waals surface area contributed by atoms with Crippen molar-refractivity contribution in [1.29, 1.82) is 0 Å². The van der Waals surface area contributed by atoms with Crippen LogP contribution >= 0.6 is 0 Å². The lowest BCUT2D eigenvalue weighted by atomic mass is 9.81. The molecule has 2 unspecified atom stereocenters. The van der Waals surface area contributed by atoms with Gasteiger partial charge < -0.3 is 4.74 Å². The van der Waals surface area contributed by atoms with E-state index in [1.807, 2.05) is 0 Å². The van der Waals surface area contributed by atoms with Gasteiger partial charge in [-0.1, -0.05) is 27.2 Å². The summed E-state index contributed by atoms with van der Waals surface area (Å²) in [5, 5.41) is 1.60. The molecule has 0 aromatic heterocycles. The third-order valence-corrected chi connectivity index (χ3v) is 3.98. The van der Waals surface area contributed by atoms with Crippen LogP contribution in [-0.4, -0.2) is 29.9 Å². The summed E-state index contributed by atoms with van der Waals surface area (Å²) in [6.45, 7) is 7.25. The smallest absolute Gasteiger partial charge is 0.251 e. The van der Waals surface area contributed by atoms with Crippen LogP contribution in [0.25, 0.3) is 0 Å². The van der Waals surface area contributed by atoms with Crippen LogP contribution < -0.4 is 0 Å². The number of carbonyl (C=O) groups is 1. The highest BCUT2D eigenvalue weighted by atomic mass is 16.8. The molecule has 0 radical (unpaired) electrons. The highest BCUT2D eigenvalue weighted by Crippen LogP contribution is 2.36. The summed E-state index contributed by atoms with van der Waals surface area (Å²) in [7, 11) is 0. The van der Waals surface area contributed by atoms with Gasteiger partial charge in [0.15, 0.2) is 6.29 Å². The van der Waals surface area contributed by atoms with E-state index in [4.69, 9.17) is 9.57 Å². The van der Waals surface area contributed by atoms with Crippen molar-refractivity contribution in [2.45, 2.75) is 71.6 Å². The molecular weight excluding hydrogens is 242 g/mol. The maximum absolute atomic E-state index is 12.2. The Labute approximate surface area is 116 Å². The van der Waals surface area contributed by atoms with E-state index in [-0.39, 0.29) is 24.2 Å². The van der Waals surface area contributed by atoms with Gasteiger partial charge in [-0.3, -0.25) is 4.79 Å². The van der Waals surface area contributed by atoms with E-state index in [1.54, 1.807) is 5.06 Å². The van der Waals surface area contributed by atoms with Crippen molar-refractivity contribution in [3.8, 4) is 0 Å². The monoisotopic (exact) mass is 269 g/mol. The number of carbonyl (C=O) groups excluding carboxylic acids is 1. The fraction of sp³-hybridized carbons (Fsp3) is 0.933. The zero-order valence-electron chi connectivity index (χ0n) is 12.4. The Hall–Kier alpha value is -0.610. The van der Waals surface area contributed by atoms with Gasteiger partial charge in [-0.15, -0.1) is 0 Å². The second-order valence-corrected chi connectivity index (χ2v) is 6.16. The van der Waals surface area contributed by atoms with Gasteiger partial charge in [-0.05, 0) is 31.6 Å². The van der Waals surface area contributed by atoms with Crippen LogP contribution in [0, 0.1) is 11.8 Å². The van der Waals surface area contributed by atoms with Gasteiger partial charge in [-0.25, -0.2) is 9.90 Å². The zero-order chi connectivity index (χ0) is 13.8. The molecule has 0 N–H and O–H groups in total. The molecule has 2 fully saturated rings. The van der Waals surface area contributed by atoms with E-state index in [9.17, 15) is 4.79 Å². The van der Waals surface area contributed by atoms with Gasteiger partial charge in [0.2, 0.25) is 0 Å². The molecule has 2 saturated heterocycles. The molecule has 0 aromatic carbocycles. The standard InChI is InChI=1S/C15H27NO3/c1-4-7-13-12(10-11(2)3)15(17)16(13)19-14-8-5-6-9-18-14/h11-14H,4-10H2,1-3H3/t12?,13?,14-/m0/s1. The van der Waals surface area contributed by atoms with E-state index in [0.29, 0.717) is 5.92 Å². The Morgan fingerprint density at radius 3 is 2.79 bits per heavy atom. The van der Waals surface area contributed by atoms with Crippen molar-refractivity contribution in [1.82, 2.24) is 5.06 Å². The van der Waals surface area contributed by atoms with Crippen molar-refractivity contribution in [3.05, 3.63) is 0 Å². The molecule has 4 heteroatoms. The summed E-state index contributed by atoms with van der Waals surface area (Å²) in [5.41, 5.74) is 0. The summed E-state index contributed by atoms with van der Waals surface area (Å²) < 4.78 is 5.56. The predicted molar refractivity (Wildman–Crippen MR) is 73.2 cm³/mol. The maximum atomic E-state index is 12.2. The topological polar surface area (TPSA) is 38.8 Å². The average Bonchev–Trinajstić information content (AvgIpc) is 2.41. The maximum Gasteiger partial charge on any atom is 0.251 e. The Morgan fingerprint density at radius 1 is 1.42 bits per heavy atom. The number of rotatable bonds is 6. The molecule has 0 spiro atoms. The molecule has 2 rings (SSSR count). The first-order valence-corrected chi connectivity index (χ1v) is 7.75. The summed E-state index contributed by atoms with van der Waals surface area (Å²) in [4.78, 5) is 18.0. The fourth-order valence-electron chi connectivity index (χ4n) is 3.00. The molecule has 2 heterocycles. The highest BCUT2D eigenvalue weighted by Gasteiger charge is 2.48. The van der Waals surface area contributed by atoms with E-state index >= 15 is 0 Å². The minimum absolute atomic E-state index is 0.154. The van der Waals surface area contributed by atoms with Crippen molar-refractivity contribution in [3.63, 3.8) is 0 Å². The van der Waals surface area contributed by atoms with Crippen molar-refractivity contribution >= 4 is 5.91 Å². The fourth-order valence-corrected chi connectivity index (χ4v) is 3.00. The van der Waals surface area contributed by atoms with Crippen molar-refractivity contribution < 1.29 is 14.4 Å². The summed E-state index contributed by atoms with van der Waals surface area (Å²) in [6.07, 6.45) is 5.99. The summed E-state index contributed by atoms with van der Waals surface area (Å²) in [5.74, 6) is 0.867. The molecule has 4 nitrogen and oxygen atoms in total.